The molecule has 2 heterocycles. The van der Waals surface area contributed by atoms with E-state index in [1.165, 1.54) is 18.3 Å². The van der Waals surface area contributed by atoms with Gasteiger partial charge in [0.15, 0.2) is 11.5 Å². The lowest BCUT2D eigenvalue weighted by molar-refractivity contribution is -0.0692. The first-order chi connectivity index (χ1) is 16.8. The molecule has 2 N–H and O–H groups in total. The molecule has 0 amide bonds. The molecule has 0 saturated heterocycles. The van der Waals surface area contributed by atoms with Gasteiger partial charge in [0.05, 0.1) is 24.6 Å². The van der Waals surface area contributed by atoms with Gasteiger partial charge in [0, 0.05) is 44.3 Å². The number of aliphatic hydroxyl groups excluding tert-OH is 2. The summed E-state index contributed by atoms with van der Waals surface area (Å²) in [7, 11) is 1.70. The zero-order chi connectivity index (χ0) is 25.4. The second-order valence-corrected chi connectivity index (χ2v) is 7.43. The van der Waals surface area contributed by atoms with Crippen LogP contribution in [-0.4, -0.2) is 59.7 Å². The number of anilines is 3. The third-order valence-electron chi connectivity index (χ3n) is 4.86. The van der Waals surface area contributed by atoms with Crippen molar-refractivity contribution in [2.24, 2.45) is 0 Å². The molecule has 0 fully saturated rings. The third-order valence-corrected chi connectivity index (χ3v) is 4.86. The molecule has 0 radical (unpaired) electrons. The zero-order valence-corrected chi connectivity index (χ0v) is 18.6. The fraction of sp³-hybridized carbons (Fsp3) is 0.304. The molecule has 0 aliphatic rings. The van der Waals surface area contributed by atoms with Crippen LogP contribution in [0.2, 0.25) is 0 Å². The maximum atomic E-state index is 12.9. The molecule has 12 heteroatoms. The fourth-order valence-electron chi connectivity index (χ4n) is 3.28. The molecule has 0 aliphatic carbocycles. The summed E-state index contributed by atoms with van der Waals surface area (Å²) in [5, 5.41) is 18.7. The van der Waals surface area contributed by atoms with E-state index in [1.54, 1.807) is 47.4 Å². The summed E-state index contributed by atoms with van der Waals surface area (Å²) in [4.78, 5) is 11.8. The van der Waals surface area contributed by atoms with Crippen LogP contribution in [0.4, 0.5) is 34.8 Å². The maximum Gasteiger partial charge on any atom is 0.387 e. The van der Waals surface area contributed by atoms with Gasteiger partial charge in [-0.15, -0.1) is 0 Å². The second-order valence-electron chi connectivity index (χ2n) is 7.43. The van der Waals surface area contributed by atoms with E-state index in [0.717, 1.165) is 11.6 Å². The largest absolute Gasteiger partial charge is 0.431 e. The number of nitrogens with zero attached hydrogens (tertiary/aromatic N) is 4. The smallest absolute Gasteiger partial charge is 0.387 e. The third kappa shape index (κ3) is 7.42. The van der Waals surface area contributed by atoms with Crippen LogP contribution in [-0.2, 0) is 6.54 Å². The molecule has 0 aliphatic heterocycles. The van der Waals surface area contributed by atoms with Crippen LogP contribution in [0.1, 0.15) is 5.56 Å². The minimum absolute atomic E-state index is 0.155. The van der Waals surface area contributed by atoms with Crippen molar-refractivity contribution in [3.63, 3.8) is 0 Å². The zero-order valence-electron chi connectivity index (χ0n) is 18.6. The molecule has 3 aromatic rings. The van der Waals surface area contributed by atoms with Gasteiger partial charge in [0.1, 0.15) is 5.82 Å². The van der Waals surface area contributed by atoms with Crippen LogP contribution < -0.4 is 19.3 Å². The predicted molar refractivity (Wildman–Crippen MR) is 120 cm³/mol. The molecule has 0 bridgehead atoms. The Balaban J connectivity index is 1.97. The number of hydrogen-bond acceptors (Lipinski definition) is 8. The highest BCUT2D eigenvalue weighted by Crippen LogP contribution is 2.37. The average molecular weight is 496 g/mol. The Morgan fingerprint density at radius 1 is 0.943 bits per heavy atom. The van der Waals surface area contributed by atoms with E-state index in [1.807, 2.05) is 6.07 Å². The molecule has 0 saturated carbocycles. The van der Waals surface area contributed by atoms with Gasteiger partial charge in [-0.1, -0.05) is 6.07 Å². The topological polar surface area (TPSA) is 91.2 Å². The molecule has 3 rings (SSSR count). The van der Waals surface area contributed by atoms with Crippen molar-refractivity contribution in [1.29, 1.82) is 0 Å². The van der Waals surface area contributed by atoms with Crippen LogP contribution in [0.5, 0.6) is 11.5 Å². The summed E-state index contributed by atoms with van der Waals surface area (Å²) in [6.45, 7) is -6.46. The van der Waals surface area contributed by atoms with Crippen LogP contribution in [0.3, 0.4) is 0 Å². The Hall–Kier alpha value is -3.64. The number of hydrogen-bond donors (Lipinski definition) is 2. The summed E-state index contributed by atoms with van der Waals surface area (Å²) in [5.74, 6) is -0.552. The molecule has 8 nitrogen and oxygen atoms in total. The fourth-order valence-corrected chi connectivity index (χ4v) is 3.28. The van der Waals surface area contributed by atoms with Gasteiger partial charge in [0.25, 0.3) is 0 Å². The monoisotopic (exact) mass is 496 g/mol. The standard InChI is InChI=1S/C23H24F4N4O4/c1-30(13-18(33)14-32)21-7-5-17(11-29-21)31(12-15-3-2-8-28-10-15)16-4-6-19(34-22(24)25)20(9-16)35-23(26)27/h2-11,18,22-23,32-33H,12-14H2,1H3. The number of alkyl halides is 4. The van der Waals surface area contributed by atoms with Gasteiger partial charge in [0.2, 0.25) is 0 Å². The first-order valence-electron chi connectivity index (χ1n) is 10.4. The minimum Gasteiger partial charge on any atom is -0.431 e. The highest BCUT2D eigenvalue weighted by atomic mass is 19.3. The summed E-state index contributed by atoms with van der Waals surface area (Å²) in [6.07, 6.45) is 3.83. The summed E-state index contributed by atoms with van der Waals surface area (Å²) < 4.78 is 60.1. The number of aromatic nitrogens is 2. The maximum absolute atomic E-state index is 12.9. The van der Waals surface area contributed by atoms with Crippen molar-refractivity contribution in [2.45, 2.75) is 25.9 Å². The molecule has 35 heavy (non-hydrogen) atoms. The van der Waals surface area contributed by atoms with Gasteiger partial charge in [-0.25, -0.2) is 4.98 Å². The molecule has 2 aromatic heterocycles. The van der Waals surface area contributed by atoms with E-state index >= 15 is 0 Å². The lowest BCUT2D eigenvalue weighted by Gasteiger charge is -2.27. The first-order valence-corrected chi connectivity index (χ1v) is 10.4. The van der Waals surface area contributed by atoms with Crippen LogP contribution in [0.15, 0.2) is 61.1 Å². The van der Waals surface area contributed by atoms with Crippen LogP contribution in [0, 0.1) is 0 Å². The summed E-state index contributed by atoms with van der Waals surface area (Å²) >= 11 is 0. The Bertz CT molecular complexity index is 1060. The number of pyridine rings is 2. The first kappa shape index (κ1) is 26.0. The normalized spacial score (nSPS) is 12.0. The second kappa shape index (κ2) is 12.2. The van der Waals surface area contributed by atoms with Gasteiger partial charge in [-0.3, -0.25) is 4.98 Å². The van der Waals surface area contributed by atoms with Crippen molar-refractivity contribution < 1.29 is 37.2 Å². The number of halogens is 4. The van der Waals surface area contributed by atoms with Crippen molar-refractivity contribution in [2.75, 3.05) is 30.0 Å². The van der Waals surface area contributed by atoms with Gasteiger partial charge >= 0.3 is 13.2 Å². The lowest BCUT2D eigenvalue weighted by atomic mass is 10.2. The molecule has 1 atom stereocenters. The molecular weight excluding hydrogens is 472 g/mol. The number of likely N-dealkylation sites (N-methyl/N-ethyl adjacent to an activating group) is 1. The Kier molecular flexibility index (Phi) is 9.04. The van der Waals surface area contributed by atoms with Crippen molar-refractivity contribution in [3.05, 3.63) is 66.6 Å². The van der Waals surface area contributed by atoms with Gasteiger partial charge in [-0.05, 0) is 35.9 Å². The number of ether oxygens (including phenoxy) is 2. The number of rotatable bonds is 12. The molecule has 1 unspecified atom stereocenters. The van der Waals surface area contributed by atoms with Crippen LogP contribution >= 0.6 is 0 Å². The van der Waals surface area contributed by atoms with Crippen molar-refractivity contribution >= 4 is 17.2 Å². The summed E-state index contributed by atoms with van der Waals surface area (Å²) in [5.41, 5.74) is 1.69. The highest BCUT2D eigenvalue weighted by Gasteiger charge is 2.19. The average Bonchev–Trinajstić information content (AvgIpc) is 2.83. The van der Waals surface area contributed by atoms with E-state index in [9.17, 15) is 22.7 Å². The Morgan fingerprint density at radius 3 is 2.26 bits per heavy atom. The lowest BCUT2D eigenvalue weighted by Crippen LogP contribution is -2.31. The number of aliphatic hydroxyl groups is 2. The van der Waals surface area contributed by atoms with E-state index in [-0.39, 0.29) is 13.1 Å². The minimum atomic E-state index is -3.25. The predicted octanol–water partition coefficient (Wildman–Crippen LogP) is 3.81. The van der Waals surface area contributed by atoms with E-state index in [0.29, 0.717) is 17.2 Å². The SMILES string of the molecule is CN(CC(O)CO)c1ccc(N(Cc2cccnc2)c2ccc(OC(F)F)c(OC(F)F)c2)cn1. The quantitative estimate of drug-likeness (QED) is 0.366. The van der Waals surface area contributed by atoms with Crippen molar-refractivity contribution in [3.8, 4) is 11.5 Å². The van der Waals surface area contributed by atoms with Crippen LogP contribution in [0.25, 0.3) is 0 Å². The molecule has 0 spiro atoms. The van der Waals surface area contributed by atoms with Gasteiger partial charge < -0.3 is 29.5 Å². The van der Waals surface area contributed by atoms with Gasteiger partial charge in [-0.2, -0.15) is 17.6 Å². The molecular formula is C23H24F4N4O4. The Morgan fingerprint density at radius 2 is 1.66 bits per heavy atom. The van der Waals surface area contributed by atoms with E-state index < -0.39 is 37.4 Å². The number of benzene rings is 1. The van der Waals surface area contributed by atoms with Crippen molar-refractivity contribution in [1.82, 2.24) is 9.97 Å². The molecule has 188 valence electrons. The van der Waals surface area contributed by atoms with E-state index in [4.69, 9.17) is 5.11 Å². The molecule has 1 aromatic carbocycles. The summed E-state index contributed by atoms with van der Waals surface area (Å²) in [6, 6.07) is 10.7. The van der Waals surface area contributed by atoms with E-state index in [2.05, 4.69) is 19.4 Å². The highest BCUT2D eigenvalue weighted by molar-refractivity contribution is 5.67. The Labute approximate surface area is 199 Å².